The number of aromatic nitrogens is 2. The number of benzene rings is 2. The van der Waals surface area contributed by atoms with Gasteiger partial charge in [0.2, 0.25) is 0 Å². The molecule has 0 aliphatic carbocycles. The number of hydrogen-bond acceptors (Lipinski definition) is 3. The highest BCUT2D eigenvalue weighted by Gasteiger charge is 2.12. The Hall–Kier alpha value is -2.66. The van der Waals surface area contributed by atoms with Crippen molar-refractivity contribution in [1.82, 2.24) is 9.55 Å². The number of nitrogens with zero attached hydrogens (tertiary/aromatic N) is 2. The molecule has 3 aromatic rings. The quantitative estimate of drug-likeness (QED) is 0.772. The zero-order chi connectivity index (χ0) is 17.0. The van der Waals surface area contributed by atoms with Gasteiger partial charge in [0.1, 0.15) is 5.82 Å². The van der Waals surface area contributed by atoms with Crippen molar-refractivity contribution in [2.24, 2.45) is 7.05 Å². The highest BCUT2D eigenvalue weighted by molar-refractivity contribution is 5.94. The summed E-state index contributed by atoms with van der Waals surface area (Å²) in [6.07, 6.45) is 0. The Kier molecular flexibility index (Phi) is 5.13. The third kappa shape index (κ3) is 3.76. The van der Waals surface area contributed by atoms with Crippen LogP contribution in [0.25, 0.3) is 22.4 Å². The van der Waals surface area contributed by atoms with Crippen LogP contribution in [0.5, 0.6) is 0 Å². The molecule has 0 fully saturated rings. The van der Waals surface area contributed by atoms with E-state index in [1.165, 1.54) is 6.07 Å². The molecule has 0 aliphatic rings. The van der Waals surface area contributed by atoms with Crippen LogP contribution < -0.4 is 10.8 Å². The average Bonchev–Trinajstić information content (AvgIpc) is 2.84. The van der Waals surface area contributed by atoms with E-state index in [2.05, 4.69) is 24.6 Å². The second-order valence-electron chi connectivity index (χ2n) is 5.71. The van der Waals surface area contributed by atoms with Crippen LogP contribution in [0.3, 0.4) is 0 Å². The number of fused-ring (bicyclic) bond motifs is 1. The molecule has 0 saturated carbocycles. The highest BCUT2D eigenvalue weighted by Crippen LogP contribution is 2.26. The van der Waals surface area contributed by atoms with Crippen LogP contribution in [0.4, 0.5) is 0 Å². The molecule has 120 valence electrons. The number of carboxylic acid groups (broad SMARTS) is 1. The minimum atomic E-state index is -1.19. The number of aromatic carboxylic acids is 1. The fraction of sp³-hybridized carbons (Fsp3) is 0.222. The predicted molar refractivity (Wildman–Crippen MR) is 88.5 cm³/mol. The Morgan fingerprint density at radius 1 is 1.13 bits per heavy atom. The molecule has 0 unspecified atom stereocenters. The van der Waals surface area contributed by atoms with Gasteiger partial charge >= 0.3 is 0 Å². The number of imidazole rings is 1. The van der Waals surface area contributed by atoms with Crippen molar-refractivity contribution >= 4 is 17.0 Å². The number of aryl methyl sites for hydroxylation is 1. The molecule has 1 heterocycles. The van der Waals surface area contributed by atoms with Crippen molar-refractivity contribution in [2.45, 2.75) is 19.9 Å². The van der Waals surface area contributed by atoms with E-state index in [9.17, 15) is 9.90 Å². The monoisotopic (exact) mass is 311 g/mol. The fourth-order valence-electron chi connectivity index (χ4n) is 2.24. The van der Waals surface area contributed by atoms with Gasteiger partial charge < -0.3 is 20.2 Å². The van der Waals surface area contributed by atoms with Crippen molar-refractivity contribution in [3.05, 3.63) is 54.1 Å². The predicted octanol–water partition coefficient (Wildman–Crippen LogP) is 1.24. The Bertz CT molecular complexity index is 819. The van der Waals surface area contributed by atoms with Crippen LogP contribution in [0.1, 0.15) is 24.2 Å². The second kappa shape index (κ2) is 7.07. The smallest absolute Gasteiger partial charge is 0.141 e. The minimum Gasteiger partial charge on any atom is -0.545 e. The Balaban J connectivity index is 0.000000433. The van der Waals surface area contributed by atoms with Crippen LogP contribution in [0, 0.1) is 0 Å². The van der Waals surface area contributed by atoms with Gasteiger partial charge in [-0.05, 0) is 26.0 Å². The van der Waals surface area contributed by atoms with Crippen molar-refractivity contribution in [2.75, 3.05) is 0 Å². The summed E-state index contributed by atoms with van der Waals surface area (Å²) in [6.45, 7) is 4.11. The van der Waals surface area contributed by atoms with Gasteiger partial charge in [-0.25, -0.2) is 4.98 Å². The molecule has 0 saturated heterocycles. The van der Waals surface area contributed by atoms with E-state index in [-0.39, 0.29) is 5.56 Å². The molecular weight excluding hydrogens is 290 g/mol. The largest absolute Gasteiger partial charge is 0.545 e. The first-order chi connectivity index (χ1) is 10.9. The second-order valence-corrected chi connectivity index (χ2v) is 5.71. The Morgan fingerprint density at radius 2 is 1.70 bits per heavy atom. The summed E-state index contributed by atoms with van der Waals surface area (Å²) in [6, 6.07) is 15.0. The lowest BCUT2D eigenvalue weighted by molar-refractivity contribution is -0.407. The van der Waals surface area contributed by atoms with E-state index in [1.807, 2.05) is 35.9 Å². The van der Waals surface area contributed by atoms with E-state index in [4.69, 9.17) is 0 Å². The summed E-state index contributed by atoms with van der Waals surface area (Å²) in [5.41, 5.74) is 6.17. The minimum absolute atomic E-state index is 0.154. The summed E-state index contributed by atoms with van der Waals surface area (Å²) in [5.74, 6) is -0.566. The molecule has 0 amide bonds. The standard InChI is InChI=1S/C15H12N2O2.C3H9N/c1-17-13-9-5-4-8-12(13)16-14(17)10-6-2-3-7-11(10)15(18)19;1-3(2)4/h2-9H,1H3,(H,18,19);3H,4H2,1-2H3. The SMILES string of the molecule is CC(C)[NH3+].Cn1c(-c2ccccc2C(=O)[O-])nc2ccccc21. The third-order valence-electron chi connectivity index (χ3n) is 3.18. The number of quaternary nitrogens is 1. The lowest BCUT2D eigenvalue weighted by Gasteiger charge is -2.09. The third-order valence-corrected chi connectivity index (χ3v) is 3.18. The molecule has 0 spiro atoms. The number of hydrogen-bond donors (Lipinski definition) is 1. The van der Waals surface area contributed by atoms with Crippen molar-refractivity contribution in [1.29, 1.82) is 0 Å². The molecule has 5 nitrogen and oxygen atoms in total. The molecule has 23 heavy (non-hydrogen) atoms. The average molecular weight is 311 g/mol. The first-order valence-electron chi connectivity index (χ1n) is 7.47. The Labute approximate surface area is 135 Å². The number of carboxylic acids is 1. The maximum absolute atomic E-state index is 11.2. The van der Waals surface area contributed by atoms with E-state index < -0.39 is 5.97 Å². The van der Waals surface area contributed by atoms with Gasteiger partial charge in [0.05, 0.1) is 23.0 Å². The van der Waals surface area contributed by atoms with Gasteiger partial charge in [0.25, 0.3) is 0 Å². The lowest BCUT2D eigenvalue weighted by atomic mass is 10.1. The summed E-state index contributed by atoms with van der Waals surface area (Å²) in [7, 11) is 1.87. The van der Waals surface area contributed by atoms with Gasteiger partial charge in [-0.2, -0.15) is 0 Å². The molecule has 3 N–H and O–H groups in total. The topological polar surface area (TPSA) is 85.6 Å². The first-order valence-corrected chi connectivity index (χ1v) is 7.47. The number of para-hydroxylation sites is 2. The van der Waals surface area contributed by atoms with E-state index in [0.717, 1.165) is 11.0 Å². The van der Waals surface area contributed by atoms with Crippen molar-refractivity contribution in [3.8, 4) is 11.4 Å². The highest BCUT2D eigenvalue weighted by atomic mass is 16.4. The molecule has 0 aliphatic heterocycles. The molecule has 3 rings (SSSR count). The molecule has 0 bridgehead atoms. The Morgan fingerprint density at radius 3 is 2.30 bits per heavy atom. The summed E-state index contributed by atoms with van der Waals surface area (Å²) >= 11 is 0. The zero-order valence-corrected chi connectivity index (χ0v) is 13.6. The number of carbonyl (C=O) groups is 1. The maximum Gasteiger partial charge on any atom is 0.141 e. The summed E-state index contributed by atoms with van der Waals surface area (Å²) < 4.78 is 1.89. The van der Waals surface area contributed by atoms with E-state index >= 15 is 0 Å². The summed E-state index contributed by atoms with van der Waals surface area (Å²) in [4.78, 5) is 15.7. The molecule has 1 aromatic heterocycles. The molecule has 0 atom stereocenters. The number of rotatable bonds is 2. The molecule has 2 aromatic carbocycles. The van der Waals surface area contributed by atoms with Gasteiger partial charge in [-0.3, -0.25) is 0 Å². The van der Waals surface area contributed by atoms with Gasteiger partial charge in [-0.15, -0.1) is 0 Å². The van der Waals surface area contributed by atoms with Gasteiger partial charge in [-0.1, -0.05) is 36.4 Å². The van der Waals surface area contributed by atoms with Crippen LogP contribution >= 0.6 is 0 Å². The van der Waals surface area contributed by atoms with Crippen LogP contribution in [0.15, 0.2) is 48.5 Å². The first kappa shape index (κ1) is 16.7. The van der Waals surface area contributed by atoms with Gasteiger partial charge in [0, 0.05) is 18.2 Å². The van der Waals surface area contributed by atoms with Crippen molar-refractivity contribution < 1.29 is 15.6 Å². The van der Waals surface area contributed by atoms with Crippen LogP contribution in [0.2, 0.25) is 0 Å². The van der Waals surface area contributed by atoms with E-state index in [1.54, 1.807) is 18.2 Å². The molecule has 5 heteroatoms. The van der Waals surface area contributed by atoms with Gasteiger partial charge in [0.15, 0.2) is 0 Å². The molecule has 0 radical (unpaired) electrons. The van der Waals surface area contributed by atoms with Crippen molar-refractivity contribution in [3.63, 3.8) is 0 Å². The van der Waals surface area contributed by atoms with E-state index in [0.29, 0.717) is 17.4 Å². The van der Waals surface area contributed by atoms with Crippen LogP contribution in [-0.2, 0) is 7.05 Å². The normalized spacial score (nSPS) is 10.5. The zero-order valence-electron chi connectivity index (χ0n) is 13.6. The maximum atomic E-state index is 11.2. The number of carbonyl (C=O) groups excluding carboxylic acids is 1. The fourth-order valence-corrected chi connectivity index (χ4v) is 2.24. The lowest BCUT2D eigenvalue weighted by Crippen LogP contribution is -2.57. The molecular formula is C18H21N3O2. The summed E-state index contributed by atoms with van der Waals surface area (Å²) in [5, 5.41) is 11.2. The van der Waals surface area contributed by atoms with Crippen LogP contribution in [-0.4, -0.2) is 21.6 Å².